The predicted molar refractivity (Wildman–Crippen MR) is 109 cm³/mol. The highest BCUT2D eigenvalue weighted by atomic mass is 32.1. The van der Waals surface area contributed by atoms with E-state index < -0.39 is 12.2 Å². The van der Waals surface area contributed by atoms with Crippen molar-refractivity contribution in [1.29, 1.82) is 0 Å². The van der Waals surface area contributed by atoms with E-state index in [0.717, 1.165) is 29.1 Å². The number of aliphatic hydroxyl groups is 3. The van der Waals surface area contributed by atoms with Crippen LogP contribution < -0.4 is 4.74 Å². The highest BCUT2D eigenvalue weighted by molar-refractivity contribution is 7.17. The monoisotopic (exact) mass is 427 g/mol. The van der Waals surface area contributed by atoms with Gasteiger partial charge in [0, 0.05) is 4.88 Å². The first kappa shape index (κ1) is 19.2. The lowest BCUT2D eigenvalue weighted by Crippen LogP contribution is -2.21. The molecular formula is C20H21N5O4S. The lowest BCUT2D eigenvalue weighted by atomic mass is 10.1. The third kappa shape index (κ3) is 3.58. The number of ether oxygens (including phenoxy) is 1. The molecule has 1 aromatic carbocycles. The van der Waals surface area contributed by atoms with E-state index in [0.29, 0.717) is 17.4 Å². The molecule has 1 fully saturated rings. The second kappa shape index (κ2) is 7.80. The molecule has 156 valence electrons. The van der Waals surface area contributed by atoms with E-state index in [9.17, 15) is 10.2 Å². The van der Waals surface area contributed by atoms with Gasteiger partial charge >= 0.3 is 0 Å². The molecule has 3 aromatic heterocycles. The number of fused-ring (bicyclic) bond motifs is 1. The van der Waals surface area contributed by atoms with Crippen molar-refractivity contribution in [3.8, 4) is 11.4 Å². The molecule has 1 unspecified atom stereocenters. The minimum Gasteiger partial charge on any atom is -0.491 e. The molecule has 4 aromatic rings. The van der Waals surface area contributed by atoms with Gasteiger partial charge in [0.05, 0.1) is 30.4 Å². The van der Waals surface area contributed by atoms with Crippen molar-refractivity contribution < 1.29 is 20.1 Å². The van der Waals surface area contributed by atoms with Gasteiger partial charge in [0.25, 0.3) is 0 Å². The summed E-state index contributed by atoms with van der Waals surface area (Å²) in [5.74, 6) is 1.08. The van der Waals surface area contributed by atoms with Crippen LogP contribution in [0.15, 0.2) is 43.0 Å². The molecular weight excluding hydrogens is 406 g/mol. The van der Waals surface area contributed by atoms with Gasteiger partial charge in [-0.05, 0) is 43.0 Å². The van der Waals surface area contributed by atoms with E-state index in [-0.39, 0.29) is 13.2 Å². The topological polar surface area (TPSA) is 118 Å². The summed E-state index contributed by atoms with van der Waals surface area (Å²) in [5.41, 5.74) is 2.06. The van der Waals surface area contributed by atoms with Crippen LogP contribution in [0.3, 0.4) is 0 Å². The average molecular weight is 427 g/mol. The number of rotatable bonds is 8. The Hall–Kier alpha value is -2.79. The first-order valence-corrected chi connectivity index (χ1v) is 10.5. The lowest BCUT2D eigenvalue weighted by Gasteiger charge is -2.10. The SMILES string of the molecule is OCC(O)COc1ccc(-n2cc([C@H](O)c3c(C4CC4)sc4cncn34)nn2)cc1. The van der Waals surface area contributed by atoms with E-state index in [1.165, 1.54) is 4.88 Å². The van der Waals surface area contributed by atoms with Crippen LogP contribution in [0.2, 0.25) is 0 Å². The minimum atomic E-state index is -0.913. The fraction of sp³-hybridized carbons (Fsp3) is 0.350. The highest BCUT2D eigenvalue weighted by Gasteiger charge is 2.33. The van der Waals surface area contributed by atoms with Crippen molar-refractivity contribution in [2.24, 2.45) is 0 Å². The third-order valence-corrected chi connectivity index (χ3v) is 6.36. The zero-order valence-electron chi connectivity index (χ0n) is 16.0. The van der Waals surface area contributed by atoms with Crippen LogP contribution in [-0.2, 0) is 0 Å². The Morgan fingerprint density at radius 2 is 2.00 bits per heavy atom. The maximum atomic E-state index is 11.1. The normalized spacial score (nSPS) is 16.1. The zero-order chi connectivity index (χ0) is 20.7. The number of benzene rings is 1. The number of thiazole rings is 1. The van der Waals surface area contributed by atoms with Crippen LogP contribution in [0.25, 0.3) is 10.5 Å². The number of hydrogen-bond acceptors (Lipinski definition) is 8. The van der Waals surface area contributed by atoms with Gasteiger partial charge in [-0.25, -0.2) is 9.67 Å². The Bertz CT molecular complexity index is 1150. The molecule has 5 rings (SSSR count). The Morgan fingerprint density at radius 3 is 2.73 bits per heavy atom. The molecule has 0 saturated heterocycles. The lowest BCUT2D eigenvalue weighted by molar-refractivity contribution is 0.0536. The van der Waals surface area contributed by atoms with Gasteiger partial charge < -0.3 is 20.1 Å². The van der Waals surface area contributed by atoms with Crippen LogP contribution in [0, 0.1) is 0 Å². The summed E-state index contributed by atoms with van der Waals surface area (Å²) in [7, 11) is 0. The van der Waals surface area contributed by atoms with Crippen LogP contribution >= 0.6 is 11.3 Å². The third-order valence-electron chi connectivity index (χ3n) is 5.08. The van der Waals surface area contributed by atoms with Crippen molar-refractivity contribution in [3.05, 3.63) is 59.3 Å². The maximum absolute atomic E-state index is 11.1. The fourth-order valence-electron chi connectivity index (χ4n) is 3.34. The van der Waals surface area contributed by atoms with Crippen LogP contribution in [0.4, 0.5) is 0 Å². The number of aromatic nitrogens is 5. The molecule has 0 aliphatic heterocycles. The molecule has 0 bridgehead atoms. The largest absolute Gasteiger partial charge is 0.491 e. The number of aliphatic hydroxyl groups excluding tert-OH is 3. The van der Waals surface area contributed by atoms with Crippen molar-refractivity contribution >= 4 is 16.2 Å². The van der Waals surface area contributed by atoms with Gasteiger partial charge in [-0.2, -0.15) is 0 Å². The van der Waals surface area contributed by atoms with E-state index in [4.69, 9.17) is 9.84 Å². The molecule has 0 amide bonds. The van der Waals surface area contributed by atoms with E-state index >= 15 is 0 Å². The minimum absolute atomic E-state index is 0.0161. The van der Waals surface area contributed by atoms with Gasteiger partial charge in [-0.15, -0.1) is 16.4 Å². The molecule has 1 saturated carbocycles. The van der Waals surface area contributed by atoms with E-state index in [1.807, 2.05) is 10.6 Å². The molecule has 3 heterocycles. The summed E-state index contributed by atoms with van der Waals surface area (Å²) in [4.78, 5) is 6.40. The molecule has 3 N–H and O–H groups in total. The second-order valence-corrected chi connectivity index (χ2v) is 8.42. The Kier molecular flexibility index (Phi) is 4.99. The molecule has 1 aliphatic carbocycles. The average Bonchev–Trinajstić information content (AvgIpc) is 3.16. The maximum Gasteiger partial charge on any atom is 0.141 e. The standard InChI is InChI=1S/C20H21N5O4S/c26-9-14(27)10-29-15-5-3-13(4-6-15)25-8-16(22-23-25)19(28)18-20(12-1-2-12)30-17-7-21-11-24(17)18/h3-8,11-12,14,19,26-28H,1-2,9-10H2/t14?,19-/m0/s1. The van der Waals surface area contributed by atoms with Gasteiger partial charge in [0.2, 0.25) is 0 Å². The quantitative estimate of drug-likeness (QED) is 0.391. The number of hydrogen-bond donors (Lipinski definition) is 3. The van der Waals surface area contributed by atoms with Crippen LogP contribution in [0.1, 0.15) is 41.1 Å². The Labute approximate surface area is 175 Å². The van der Waals surface area contributed by atoms with Gasteiger partial charge in [0.1, 0.15) is 41.4 Å². The Morgan fingerprint density at radius 1 is 1.20 bits per heavy atom. The predicted octanol–water partition coefficient (Wildman–Crippen LogP) is 1.67. The summed E-state index contributed by atoms with van der Waals surface area (Å²) < 4.78 is 8.95. The molecule has 1 aliphatic rings. The molecule has 30 heavy (non-hydrogen) atoms. The molecule has 0 spiro atoms. The van der Waals surface area contributed by atoms with Gasteiger partial charge in [-0.3, -0.25) is 4.40 Å². The zero-order valence-corrected chi connectivity index (χ0v) is 16.8. The summed E-state index contributed by atoms with van der Waals surface area (Å²) >= 11 is 1.68. The van der Waals surface area contributed by atoms with Crippen molar-refractivity contribution in [2.45, 2.75) is 31.0 Å². The number of imidazole rings is 1. The van der Waals surface area contributed by atoms with Crippen molar-refractivity contribution in [2.75, 3.05) is 13.2 Å². The van der Waals surface area contributed by atoms with Crippen LogP contribution in [-0.4, -0.2) is 59.0 Å². The summed E-state index contributed by atoms with van der Waals surface area (Å²) in [6.07, 6.45) is 5.75. The second-order valence-electron chi connectivity index (χ2n) is 7.36. The summed E-state index contributed by atoms with van der Waals surface area (Å²) in [6, 6.07) is 7.10. The highest BCUT2D eigenvalue weighted by Crippen LogP contribution is 2.47. The Balaban J connectivity index is 1.37. The fourth-order valence-corrected chi connectivity index (χ4v) is 4.64. The van der Waals surface area contributed by atoms with Gasteiger partial charge in [-0.1, -0.05) is 5.21 Å². The summed E-state index contributed by atoms with van der Waals surface area (Å²) in [5, 5.41) is 37.7. The smallest absolute Gasteiger partial charge is 0.141 e. The van der Waals surface area contributed by atoms with E-state index in [1.54, 1.807) is 52.8 Å². The van der Waals surface area contributed by atoms with Gasteiger partial charge in [0.15, 0.2) is 0 Å². The first-order valence-electron chi connectivity index (χ1n) is 9.71. The number of nitrogens with zero attached hydrogens (tertiary/aromatic N) is 5. The molecule has 9 nitrogen and oxygen atoms in total. The molecule has 0 radical (unpaired) electrons. The molecule has 10 heteroatoms. The summed E-state index contributed by atoms with van der Waals surface area (Å²) in [6.45, 7) is -0.331. The van der Waals surface area contributed by atoms with Crippen LogP contribution in [0.5, 0.6) is 5.75 Å². The molecule has 2 atom stereocenters. The first-order chi connectivity index (χ1) is 14.6. The van der Waals surface area contributed by atoms with Crippen molar-refractivity contribution in [1.82, 2.24) is 24.4 Å². The van der Waals surface area contributed by atoms with Crippen molar-refractivity contribution in [3.63, 3.8) is 0 Å². The van der Waals surface area contributed by atoms with E-state index in [2.05, 4.69) is 15.3 Å².